The Morgan fingerprint density at radius 3 is 2.78 bits per heavy atom. The van der Waals surface area contributed by atoms with Gasteiger partial charge in [-0.15, -0.1) is 0 Å². The van der Waals surface area contributed by atoms with E-state index in [0.29, 0.717) is 48.8 Å². The molecule has 1 aliphatic carbocycles. The van der Waals surface area contributed by atoms with Gasteiger partial charge in [-0.1, -0.05) is 0 Å². The number of aromatic nitrogens is 2. The second-order valence-electron chi connectivity index (χ2n) is 8.29. The zero-order valence-electron chi connectivity index (χ0n) is 18.3. The van der Waals surface area contributed by atoms with Gasteiger partial charge in [-0.05, 0) is 49.4 Å². The number of morpholine rings is 1. The molecule has 32 heavy (non-hydrogen) atoms. The summed E-state index contributed by atoms with van der Waals surface area (Å²) in [5.74, 6) is 1.01. The number of hydrogen-bond acceptors (Lipinski definition) is 6. The summed E-state index contributed by atoms with van der Waals surface area (Å²) in [6, 6.07) is 7.12. The molecule has 0 radical (unpaired) electrons. The first-order valence-corrected chi connectivity index (χ1v) is 10.9. The van der Waals surface area contributed by atoms with E-state index in [4.69, 9.17) is 14.5 Å². The van der Waals surface area contributed by atoms with Crippen LogP contribution in [-0.4, -0.2) is 49.3 Å². The smallest absolute Gasteiger partial charge is 0.259 e. The van der Waals surface area contributed by atoms with E-state index in [0.717, 1.165) is 47.3 Å². The minimum absolute atomic E-state index is 0.190. The van der Waals surface area contributed by atoms with Gasteiger partial charge in [0.05, 0.1) is 31.4 Å². The van der Waals surface area contributed by atoms with Crippen LogP contribution in [0.4, 0.5) is 11.5 Å². The number of rotatable bonds is 4. The average Bonchev–Trinajstić information content (AvgIpc) is 3.26. The zero-order valence-corrected chi connectivity index (χ0v) is 18.3. The topological polar surface area (TPSA) is 96.5 Å². The minimum Gasteiger partial charge on any atom is -0.494 e. The minimum atomic E-state index is -0.211. The molecule has 1 amide bonds. The van der Waals surface area contributed by atoms with Crippen LogP contribution < -0.4 is 20.5 Å². The number of hydrogen-bond donors (Lipinski definition) is 2. The van der Waals surface area contributed by atoms with Crippen molar-refractivity contribution in [3.05, 3.63) is 57.0 Å². The molecule has 0 saturated carbocycles. The molecule has 5 rings (SSSR count). The predicted octanol–water partition coefficient (Wildman–Crippen LogP) is 2.82. The van der Waals surface area contributed by atoms with Crippen LogP contribution in [0.2, 0.25) is 0 Å². The number of pyridine rings is 2. The number of aryl methyl sites for hydroxylation is 3. The largest absolute Gasteiger partial charge is 0.494 e. The Morgan fingerprint density at radius 1 is 1.19 bits per heavy atom. The number of fused-ring (bicyclic) bond motifs is 2. The molecule has 166 valence electrons. The Morgan fingerprint density at radius 2 is 2.00 bits per heavy atom. The molecule has 3 aromatic rings. The molecular weight excluding hydrogens is 408 g/mol. The van der Waals surface area contributed by atoms with Crippen molar-refractivity contribution in [2.45, 2.75) is 26.2 Å². The van der Waals surface area contributed by atoms with Gasteiger partial charge in [0.1, 0.15) is 11.6 Å². The van der Waals surface area contributed by atoms with E-state index in [9.17, 15) is 9.59 Å². The maximum absolute atomic E-state index is 13.4. The van der Waals surface area contributed by atoms with E-state index in [2.05, 4.69) is 15.2 Å². The van der Waals surface area contributed by atoms with Crippen molar-refractivity contribution >= 4 is 28.3 Å². The first kappa shape index (κ1) is 20.5. The maximum atomic E-state index is 13.4. The van der Waals surface area contributed by atoms with Gasteiger partial charge >= 0.3 is 0 Å². The lowest BCUT2D eigenvalue weighted by atomic mass is 10.1. The maximum Gasteiger partial charge on any atom is 0.259 e. The SMILES string of the molecule is COc1cc(NC(=O)c2cc3c(nc2N2CCOCC2)CCC3)cc2c(C)cc(=O)[nH]c12. The van der Waals surface area contributed by atoms with Crippen molar-refractivity contribution in [2.24, 2.45) is 0 Å². The third kappa shape index (κ3) is 3.71. The van der Waals surface area contributed by atoms with Gasteiger partial charge in [-0.25, -0.2) is 4.98 Å². The number of anilines is 2. The number of carbonyl (C=O) groups is 1. The second kappa shape index (κ2) is 8.27. The molecule has 0 spiro atoms. The van der Waals surface area contributed by atoms with Gasteiger partial charge in [-0.3, -0.25) is 9.59 Å². The molecular formula is C24H26N4O4. The first-order chi connectivity index (χ1) is 15.5. The summed E-state index contributed by atoms with van der Waals surface area (Å²) in [7, 11) is 1.54. The van der Waals surface area contributed by atoms with Crippen molar-refractivity contribution < 1.29 is 14.3 Å². The third-order valence-electron chi connectivity index (χ3n) is 6.19. The highest BCUT2D eigenvalue weighted by atomic mass is 16.5. The molecule has 2 aliphatic rings. The molecule has 1 saturated heterocycles. The zero-order chi connectivity index (χ0) is 22.2. The monoisotopic (exact) mass is 434 g/mol. The number of nitrogens with one attached hydrogen (secondary N) is 2. The number of methoxy groups -OCH3 is 1. The van der Waals surface area contributed by atoms with E-state index < -0.39 is 0 Å². The summed E-state index contributed by atoms with van der Waals surface area (Å²) in [6.07, 6.45) is 2.96. The van der Waals surface area contributed by atoms with Crippen molar-refractivity contribution in [1.82, 2.24) is 9.97 Å². The highest BCUT2D eigenvalue weighted by molar-refractivity contribution is 6.09. The van der Waals surface area contributed by atoms with Crippen LogP contribution in [-0.2, 0) is 17.6 Å². The lowest BCUT2D eigenvalue weighted by molar-refractivity contribution is 0.102. The van der Waals surface area contributed by atoms with E-state index in [1.807, 2.05) is 19.1 Å². The van der Waals surface area contributed by atoms with Crippen LogP contribution in [0.1, 0.15) is 33.6 Å². The normalized spacial score (nSPS) is 15.6. The molecule has 0 unspecified atom stereocenters. The average molecular weight is 434 g/mol. The van der Waals surface area contributed by atoms with E-state index in [-0.39, 0.29) is 11.5 Å². The van der Waals surface area contributed by atoms with Gasteiger partial charge in [0.2, 0.25) is 5.56 Å². The Bertz CT molecular complexity index is 1260. The molecule has 1 aliphatic heterocycles. The Kier molecular flexibility index (Phi) is 5.30. The van der Waals surface area contributed by atoms with E-state index in [1.165, 1.54) is 6.07 Å². The van der Waals surface area contributed by atoms with Crippen LogP contribution in [0.25, 0.3) is 10.9 Å². The van der Waals surface area contributed by atoms with Gasteiger partial charge in [0.25, 0.3) is 5.91 Å². The molecule has 3 heterocycles. The van der Waals surface area contributed by atoms with Gasteiger partial charge in [0, 0.05) is 42.0 Å². The van der Waals surface area contributed by atoms with Crippen LogP contribution >= 0.6 is 0 Å². The first-order valence-electron chi connectivity index (χ1n) is 10.9. The molecule has 0 bridgehead atoms. The van der Waals surface area contributed by atoms with E-state index in [1.54, 1.807) is 13.2 Å². The summed E-state index contributed by atoms with van der Waals surface area (Å²) in [4.78, 5) is 35.2. The van der Waals surface area contributed by atoms with Crippen LogP contribution in [0.15, 0.2) is 29.1 Å². The standard InChI is InChI=1S/C24H26N4O4/c1-14-10-21(29)27-22-17(14)12-16(13-20(22)31-2)25-24(30)18-11-15-4-3-5-19(15)26-23(18)28-6-8-32-9-7-28/h10-13H,3-9H2,1-2H3,(H,25,30)(H,27,29). The Hall–Kier alpha value is -3.39. The number of carbonyl (C=O) groups excluding carboxylic acids is 1. The number of aromatic amines is 1. The fourth-order valence-electron chi connectivity index (χ4n) is 4.57. The number of benzene rings is 1. The summed E-state index contributed by atoms with van der Waals surface area (Å²) >= 11 is 0. The fraction of sp³-hybridized carbons (Fsp3) is 0.375. The highest BCUT2D eigenvalue weighted by Crippen LogP contribution is 2.32. The predicted molar refractivity (Wildman–Crippen MR) is 123 cm³/mol. The number of ether oxygens (including phenoxy) is 2. The lowest BCUT2D eigenvalue weighted by Crippen LogP contribution is -2.38. The molecule has 1 fully saturated rings. The van der Waals surface area contributed by atoms with Gasteiger partial charge in [-0.2, -0.15) is 0 Å². The third-order valence-corrected chi connectivity index (χ3v) is 6.19. The second-order valence-corrected chi connectivity index (χ2v) is 8.29. The molecule has 2 aromatic heterocycles. The summed E-state index contributed by atoms with van der Waals surface area (Å²) in [5, 5.41) is 3.85. The summed E-state index contributed by atoms with van der Waals surface area (Å²) < 4.78 is 11.0. The number of nitrogens with zero attached hydrogens (tertiary/aromatic N) is 2. The molecule has 2 N–H and O–H groups in total. The van der Waals surface area contributed by atoms with Crippen LogP contribution in [0.5, 0.6) is 5.75 Å². The molecule has 8 heteroatoms. The van der Waals surface area contributed by atoms with Gasteiger partial charge in [0.15, 0.2) is 0 Å². The Labute approximate surface area is 185 Å². The summed E-state index contributed by atoms with van der Waals surface area (Å²) in [6.45, 7) is 4.53. The van der Waals surface area contributed by atoms with Crippen LogP contribution in [0, 0.1) is 6.92 Å². The number of H-pyrrole nitrogens is 1. The van der Waals surface area contributed by atoms with Crippen molar-refractivity contribution in [3.63, 3.8) is 0 Å². The lowest BCUT2D eigenvalue weighted by Gasteiger charge is -2.29. The van der Waals surface area contributed by atoms with Gasteiger partial charge < -0.3 is 24.7 Å². The van der Waals surface area contributed by atoms with Crippen LogP contribution in [0.3, 0.4) is 0 Å². The molecule has 1 aromatic carbocycles. The fourth-order valence-corrected chi connectivity index (χ4v) is 4.57. The molecule has 8 nitrogen and oxygen atoms in total. The summed E-state index contributed by atoms with van der Waals surface area (Å²) in [5.41, 5.74) is 4.65. The van der Waals surface area contributed by atoms with E-state index >= 15 is 0 Å². The number of amides is 1. The molecule has 0 atom stereocenters. The van der Waals surface area contributed by atoms with Crippen molar-refractivity contribution in [2.75, 3.05) is 43.6 Å². The van der Waals surface area contributed by atoms with Crippen molar-refractivity contribution in [3.8, 4) is 5.75 Å². The van der Waals surface area contributed by atoms with Crippen molar-refractivity contribution in [1.29, 1.82) is 0 Å². The highest BCUT2D eigenvalue weighted by Gasteiger charge is 2.25. The quantitative estimate of drug-likeness (QED) is 0.656. The Balaban J connectivity index is 1.54.